The molecule has 23 heavy (non-hydrogen) atoms. The first kappa shape index (κ1) is 18.5. The summed E-state index contributed by atoms with van der Waals surface area (Å²) in [5.41, 5.74) is 1.86. The van der Waals surface area contributed by atoms with E-state index in [-0.39, 0.29) is 5.41 Å². The number of ether oxygens (including phenoxy) is 1. The van der Waals surface area contributed by atoms with Gasteiger partial charge in [-0.2, -0.15) is 0 Å². The first-order valence-electron chi connectivity index (χ1n) is 7.27. The van der Waals surface area contributed by atoms with Crippen molar-refractivity contribution >= 4 is 32.7 Å². The van der Waals surface area contributed by atoms with Crippen LogP contribution in [0.4, 0.5) is 0 Å². The van der Waals surface area contributed by atoms with Gasteiger partial charge in [0.1, 0.15) is 9.22 Å². The van der Waals surface area contributed by atoms with Crippen LogP contribution in [0.15, 0.2) is 21.0 Å². The average Bonchev–Trinajstić information content (AvgIpc) is 3.10. The van der Waals surface area contributed by atoms with Gasteiger partial charge in [0.2, 0.25) is 10.0 Å². The summed E-state index contributed by atoms with van der Waals surface area (Å²) < 4.78 is 32.3. The number of nitrogens with one attached hydrogen (secondary N) is 1. The number of thiophene rings is 1. The summed E-state index contributed by atoms with van der Waals surface area (Å²) in [6.45, 7) is 7.24. The zero-order valence-corrected chi connectivity index (χ0v) is 16.2. The van der Waals surface area contributed by atoms with Crippen LogP contribution in [0.1, 0.15) is 32.9 Å². The summed E-state index contributed by atoms with van der Waals surface area (Å²) in [6, 6.07) is 1.69. The molecule has 0 aliphatic heterocycles. The van der Waals surface area contributed by atoms with Gasteiger partial charge in [-0.1, -0.05) is 20.8 Å². The highest BCUT2D eigenvalue weighted by atomic mass is 32.2. The van der Waals surface area contributed by atoms with Crippen molar-refractivity contribution in [3.63, 3.8) is 0 Å². The number of methoxy groups -OCH3 is 1. The van der Waals surface area contributed by atoms with E-state index in [4.69, 9.17) is 4.74 Å². The first-order chi connectivity index (χ1) is 10.7. The molecular formula is C15H22N2O3S3. The first-order valence-corrected chi connectivity index (χ1v) is 10.5. The number of sulfonamides is 1. The molecule has 0 bridgehead atoms. The minimum Gasteiger partial charge on any atom is -0.385 e. The SMILES string of the molecule is COCCCNS(=O)(=O)c1cc(-c2nc(C(C)(C)C)cs2)cs1. The Bertz CT molecular complexity index is 742. The van der Waals surface area contributed by atoms with Crippen LogP contribution >= 0.6 is 22.7 Å². The van der Waals surface area contributed by atoms with Gasteiger partial charge >= 0.3 is 0 Å². The molecule has 2 aromatic heterocycles. The van der Waals surface area contributed by atoms with Crippen molar-refractivity contribution in [3.05, 3.63) is 22.5 Å². The number of rotatable bonds is 7. The van der Waals surface area contributed by atoms with E-state index < -0.39 is 10.0 Å². The summed E-state index contributed by atoms with van der Waals surface area (Å²) >= 11 is 2.76. The van der Waals surface area contributed by atoms with E-state index in [9.17, 15) is 8.42 Å². The fourth-order valence-electron chi connectivity index (χ4n) is 1.81. The van der Waals surface area contributed by atoms with Crippen LogP contribution < -0.4 is 4.72 Å². The Hall–Kier alpha value is -0.800. The van der Waals surface area contributed by atoms with Crippen molar-refractivity contribution in [1.29, 1.82) is 0 Å². The smallest absolute Gasteiger partial charge is 0.250 e. The van der Waals surface area contributed by atoms with Gasteiger partial charge in [0.25, 0.3) is 0 Å². The van der Waals surface area contributed by atoms with E-state index in [2.05, 4.69) is 30.5 Å². The Labute approximate surface area is 145 Å². The maximum absolute atomic E-state index is 12.2. The van der Waals surface area contributed by atoms with Crippen LogP contribution in [-0.2, 0) is 20.2 Å². The highest BCUT2D eigenvalue weighted by Crippen LogP contribution is 2.33. The predicted molar refractivity (Wildman–Crippen MR) is 95.8 cm³/mol. The lowest BCUT2D eigenvalue weighted by molar-refractivity contribution is 0.196. The van der Waals surface area contributed by atoms with Crippen molar-refractivity contribution in [2.75, 3.05) is 20.3 Å². The molecule has 0 aromatic carbocycles. The third-order valence-corrected chi connectivity index (χ3v) is 6.97. The molecule has 128 valence electrons. The van der Waals surface area contributed by atoms with Gasteiger partial charge < -0.3 is 4.74 Å². The van der Waals surface area contributed by atoms with E-state index in [1.54, 1.807) is 24.5 Å². The molecule has 8 heteroatoms. The number of hydrogen-bond donors (Lipinski definition) is 1. The number of nitrogens with zero attached hydrogens (tertiary/aromatic N) is 1. The van der Waals surface area contributed by atoms with Crippen LogP contribution in [0.25, 0.3) is 10.6 Å². The quantitative estimate of drug-likeness (QED) is 0.753. The minimum atomic E-state index is -3.46. The van der Waals surface area contributed by atoms with Crippen LogP contribution in [0.3, 0.4) is 0 Å². The molecule has 0 saturated heterocycles. The van der Waals surface area contributed by atoms with E-state index in [1.165, 1.54) is 11.3 Å². The lowest BCUT2D eigenvalue weighted by atomic mass is 9.93. The molecule has 2 rings (SSSR count). The van der Waals surface area contributed by atoms with Crippen molar-refractivity contribution in [1.82, 2.24) is 9.71 Å². The Morgan fingerprint density at radius 1 is 1.26 bits per heavy atom. The largest absolute Gasteiger partial charge is 0.385 e. The van der Waals surface area contributed by atoms with E-state index >= 15 is 0 Å². The van der Waals surface area contributed by atoms with Crippen molar-refractivity contribution in [2.24, 2.45) is 0 Å². The molecule has 0 unspecified atom stereocenters. The highest BCUT2D eigenvalue weighted by molar-refractivity contribution is 7.91. The second-order valence-electron chi connectivity index (χ2n) is 6.19. The average molecular weight is 375 g/mol. The third kappa shape index (κ3) is 4.84. The molecule has 1 N–H and O–H groups in total. The minimum absolute atomic E-state index is 0.0113. The molecule has 0 atom stereocenters. The summed E-state index contributed by atoms with van der Waals surface area (Å²) in [7, 11) is -1.86. The maximum Gasteiger partial charge on any atom is 0.250 e. The summed E-state index contributed by atoms with van der Waals surface area (Å²) in [5.74, 6) is 0. The molecule has 0 amide bonds. The van der Waals surface area contributed by atoms with Gasteiger partial charge in [-0.15, -0.1) is 22.7 Å². The molecule has 5 nitrogen and oxygen atoms in total. The Balaban J connectivity index is 2.12. The lowest BCUT2D eigenvalue weighted by Gasteiger charge is -2.14. The zero-order valence-electron chi connectivity index (χ0n) is 13.8. The molecule has 0 saturated carbocycles. The number of aromatic nitrogens is 1. The molecule has 2 aromatic rings. The van der Waals surface area contributed by atoms with E-state index in [1.807, 2.05) is 10.8 Å². The molecule has 0 fully saturated rings. The monoisotopic (exact) mass is 374 g/mol. The molecule has 0 spiro atoms. The van der Waals surface area contributed by atoms with Crippen molar-refractivity contribution < 1.29 is 13.2 Å². The lowest BCUT2D eigenvalue weighted by Crippen LogP contribution is -2.24. The molecule has 0 aliphatic rings. The van der Waals surface area contributed by atoms with Gasteiger partial charge in [0.05, 0.1) is 5.69 Å². The highest BCUT2D eigenvalue weighted by Gasteiger charge is 2.20. The third-order valence-electron chi connectivity index (χ3n) is 3.18. The van der Waals surface area contributed by atoms with E-state index in [0.717, 1.165) is 16.3 Å². The second kappa shape index (κ2) is 7.40. The Kier molecular flexibility index (Phi) is 5.96. The van der Waals surface area contributed by atoms with Gasteiger partial charge in [-0.05, 0) is 12.5 Å². The predicted octanol–water partition coefficient (Wildman–Crippen LogP) is 3.48. The van der Waals surface area contributed by atoms with Gasteiger partial charge in [-0.3, -0.25) is 0 Å². The number of hydrogen-bond acceptors (Lipinski definition) is 6. The van der Waals surface area contributed by atoms with Gasteiger partial charge in [0.15, 0.2) is 0 Å². The summed E-state index contributed by atoms with van der Waals surface area (Å²) in [4.78, 5) is 4.63. The summed E-state index contributed by atoms with van der Waals surface area (Å²) in [6.07, 6.45) is 0.648. The molecule has 2 heterocycles. The Morgan fingerprint density at radius 2 is 2.00 bits per heavy atom. The van der Waals surface area contributed by atoms with Crippen molar-refractivity contribution in [2.45, 2.75) is 36.8 Å². The second-order valence-corrected chi connectivity index (χ2v) is 9.95. The van der Waals surface area contributed by atoms with Crippen molar-refractivity contribution in [3.8, 4) is 10.6 Å². The van der Waals surface area contributed by atoms with Gasteiger partial charge in [-0.25, -0.2) is 18.1 Å². The topological polar surface area (TPSA) is 68.3 Å². The standard InChI is InChI=1S/C15H22N2O3S3/c1-15(2,3)12-10-22-14(17-12)11-8-13(21-9-11)23(18,19)16-6-5-7-20-4/h8-10,16H,5-7H2,1-4H3. The van der Waals surface area contributed by atoms with Crippen LogP contribution in [0.5, 0.6) is 0 Å². The molecule has 0 aliphatic carbocycles. The molecule has 0 radical (unpaired) electrons. The summed E-state index contributed by atoms with van der Waals surface area (Å²) in [5, 5.41) is 4.73. The molecular weight excluding hydrogens is 352 g/mol. The number of thiazole rings is 1. The normalized spacial score (nSPS) is 12.7. The van der Waals surface area contributed by atoms with E-state index in [0.29, 0.717) is 23.8 Å². The van der Waals surface area contributed by atoms with Gasteiger partial charge in [0, 0.05) is 42.0 Å². The van der Waals surface area contributed by atoms with Crippen LogP contribution in [-0.4, -0.2) is 33.7 Å². The fourth-order valence-corrected chi connectivity index (χ4v) is 5.21. The van der Waals surface area contributed by atoms with Crippen LogP contribution in [0, 0.1) is 0 Å². The zero-order chi connectivity index (χ0) is 17.1. The fraction of sp³-hybridized carbons (Fsp3) is 0.533. The maximum atomic E-state index is 12.2. The Morgan fingerprint density at radius 3 is 2.61 bits per heavy atom. The van der Waals surface area contributed by atoms with Crippen LogP contribution in [0.2, 0.25) is 0 Å².